The molecule has 0 atom stereocenters. The van der Waals surface area contributed by atoms with Crippen LogP contribution >= 0.6 is 0 Å². The fourth-order valence-electron chi connectivity index (χ4n) is 3.11. The molecule has 0 bridgehead atoms. The van der Waals surface area contributed by atoms with Gasteiger partial charge in [-0.15, -0.1) is 0 Å². The van der Waals surface area contributed by atoms with Crippen LogP contribution in [0.3, 0.4) is 0 Å². The molecular formula is C25H22N4O8. The smallest absolute Gasteiger partial charge is 0.350 e. The Labute approximate surface area is 211 Å². The van der Waals surface area contributed by atoms with E-state index < -0.39 is 28.4 Å². The maximum absolute atomic E-state index is 12.5. The molecule has 0 radical (unpaired) electrons. The van der Waals surface area contributed by atoms with Gasteiger partial charge in [-0.2, -0.15) is 5.10 Å². The van der Waals surface area contributed by atoms with Gasteiger partial charge in [-0.25, -0.2) is 10.2 Å². The Kier molecular flexibility index (Phi) is 8.49. The Balaban J connectivity index is 1.71. The Hall–Kier alpha value is -5.26. The third kappa shape index (κ3) is 6.45. The predicted octanol–water partition coefficient (Wildman–Crippen LogP) is 3.31. The molecule has 12 heteroatoms. The van der Waals surface area contributed by atoms with E-state index in [2.05, 4.69) is 15.8 Å². The maximum Gasteiger partial charge on any atom is 0.350 e. The maximum atomic E-state index is 12.5. The Morgan fingerprint density at radius 3 is 2.24 bits per heavy atom. The molecule has 2 N–H and O–H groups in total. The summed E-state index contributed by atoms with van der Waals surface area (Å²) in [6.07, 6.45) is 0. The van der Waals surface area contributed by atoms with Crippen LogP contribution < -0.4 is 25.0 Å². The van der Waals surface area contributed by atoms with E-state index >= 15 is 0 Å². The molecule has 3 aromatic rings. The number of carbonyl (C=O) groups is 3. The normalized spacial score (nSPS) is 10.7. The fraction of sp³-hybridized carbons (Fsp3) is 0.120. The number of hydrazone groups is 1. The van der Waals surface area contributed by atoms with Crippen molar-refractivity contribution in [1.29, 1.82) is 0 Å². The number of nitrogens with one attached hydrogen (secondary N) is 2. The number of hydrogen-bond acceptors (Lipinski definition) is 9. The molecule has 12 nitrogen and oxygen atoms in total. The van der Waals surface area contributed by atoms with Gasteiger partial charge in [0.05, 0.1) is 30.5 Å². The zero-order chi connectivity index (χ0) is 26.9. The number of rotatable bonds is 8. The summed E-state index contributed by atoms with van der Waals surface area (Å²) in [6, 6.07) is 16.4. The second kappa shape index (κ2) is 11.9. The first-order valence-corrected chi connectivity index (χ1v) is 10.7. The van der Waals surface area contributed by atoms with Gasteiger partial charge in [0.1, 0.15) is 11.3 Å². The topological polar surface area (TPSA) is 158 Å². The highest BCUT2D eigenvalue weighted by Crippen LogP contribution is 2.30. The van der Waals surface area contributed by atoms with E-state index in [-0.39, 0.29) is 17.1 Å². The first-order valence-electron chi connectivity index (χ1n) is 10.7. The van der Waals surface area contributed by atoms with Crippen molar-refractivity contribution in [3.63, 3.8) is 0 Å². The number of carbonyl (C=O) groups excluding carboxylic acids is 3. The van der Waals surface area contributed by atoms with E-state index in [9.17, 15) is 24.5 Å². The first kappa shape index (κ1) is 26.3. The molecule has 0 aliphatic carbocycles. The number of para-hydroxylation sites is 3. The Morgan fingerprint density at radius 1 is 0.865 bits per heavy atom. The highest BCUT2D eigenvalue weighted by molar-refractivity contribution is 6.39. The summed E-state index contributed by atoms with van der Waals surface area (Å²) < 4.78 is 15.7. The van der Waals surface area contributed by atoms with Gasteiger partial charge in [0.15, 0.2) is 11.5 Å². The number of nitrogens with zero attached hydrogens (tertiary/aromatic N) is 2. The summed E-state index contributed by atoms with van der Waals surface area (Å²) in [7, 11) is 2.78. The zero-order valence-corrected chi connectivity index (χ0v) is 20.0. The van der Waals surface area contributed by atoms with Crippen molar-refractivity contribution in [1.82, 2.24) is 5.43 Å². The number of esters is 1. The quantitative estimate of drug-likeness (QED) is 0.118. The molecule has 37 heavy (non-hydrogen) atoms. The molecule has 0 spiro atoms. The molecule has 0 saturated heterocycles. The number of nitro benzene ring substituents is 1. The molecule has 0 aromatic heterocycles. The molecule has 0 fully saturated rings. The van der Waals surface area contributed by atoms with Crippen LogP contribution in [0.1, 0.15) is 22.8 Å². The van der Waals surface area contributed by atoms with Crippen LogP contribution in [0.15, 0.2) is 71.8 Å². The van der Waals surface area contributed by atoms with Crippen molar-refractivity contribution >= 4 is 34.9 Å². The van der Waals surface area contributed by atoms with Crippen molar-refractivity contribution < 1.29 is 33.5 Å². The lowest BCUT2D eigenvalue weighted by molar-refractivity contribution is -0.385. The number of hydrogen-bond donors (Lipinski definition) is 2. The van der Waals surface area contributed by atoms with Crippen LogP contribution in [0.25, 0.3) is 0 Å². The molecule has 0 aliphatic heterocycles. The van der Waals surface area contributed by atoms with E-state index in [1.54, 1.807) is 31.2 Å². The molecule has 3 aromatic carbocycles. The number of benzene rings is 3. The highest BCUT2D eigenvalue weighted by atomic mass is 16.6. The third-order valence-electron chi connectivity index (χ3n) is 4.99. The standard InChI is InChI=1S/C25H22N4O8/c1-15(27-28-24(31)23(30)26-18-9-5-7-11-20(18)35-2)16-12-13-21(22(14-16)36-3)37-25(32)17-8-4-6-10-19(17)29(33)34/h4-14H,1-3H3,(H,26,30)(H,28,31). The monoisotopic (exact) mass is 506 g/mol. The number of amides is 2. The number of ether oxygens (including phenoxy) is 3. The second-order valence-corrected chi connectivity index (χ2v) is 7.32. The first-order chi connectivity index (χ1) is 17.7. The van der Waals surface area contributed by atoms with Gasteiger partial charge in [0, 0.05) is 11.6 Å². The lowest BCUT2D eigenvalue weighted by Crippen LogP contribution is -2.33. The molecule has 3 rings (SSSR count). The van der Waals surface area contributed by atoms with Crippen molar-refractivity contribution in [3.8, 4) is 17.2 Å². The van der Waals surface area contributed by atoms with Gasteiger partial charge >= 0.3 is 17.8 Å². The summed E-state index contributed by atoms with van der Waals surface area (Å²) in [4.78, 5) is 47.4. The van der Waals surface area contributed by atoms with E-state index in [1.165, 1.54) is 56.7 Å². The van der Waals surface area contributed by atoms with Crippen molar-refractivity contribution in [3.05, 3.63) is 88.0 Å². The van der Waals surface area contributed by atoms with Crippen LogP contribution in [-0.4, -0.2) is 42.6 Å². The number of nitro groups is 1. The second-order valence-electron chi connectivity index (χ2n) is 7.32. The highest BCUT2D eigenvalue weighted by Gasteiger charge is 2.22. The van der Waals surface area contributed by atoms with Crippen molar-refractivity contribution in [2.45, 2.75) is 6.92 Å². The molecule has 0 heterocycles. The van der Waals surface area contributed by atoms with Gasteiger partial charge in [0.25, 0.3) is 5.69 Å². The predicted molar refractivity (Wildman–Crippen MR) is 133 cm³/mol. The minimum absolute atomic E-state index is 0.0161. The molecule has 0 unspecified atom stereocenters. The zero-order valence-electron chi connectivity index (χ0n) is 20.0. The Morgan fingerprint density at radius 2 is 1.54 bits per heavy atom. The average molecular weight is 506 g/mol. The SMILES string of the molecule is COc1ccccc1NC(=O)C(=O)NN=C(C)c1ccc(OC(=O)c2ccccc2[N+](=O)[O-])c(OC)c1. The van der Waals surface area contributed by atoms with Crippen molar-refractivity contribution in [2.24, 2.45) is 5.10 Å². The molecule has 0 saturated carbocycles. The summed E-state index contributed by atoms with van der Waals surface area (Å²) in [6.45, 7) is 1.58. The van der Waals surface area contributed by atoms with Crippen LogP contribution in [0.4, 0.5) is 11.4 Å². The summed E-state index contributed by atoms with van der Waals surface area (Å²) in [5.41, 5.74) is 2.67. The largest absolute Gasteiger partial charge is 0.495 e. The van der Waals surface area contributed by atoms with Crippen LogP contribution in [0.2, 0.25) is 0 Å². The lowest BCUT2D eigenvalue weighted by Gasteiger charge is -2.11. The average Bonchev–Trinajstić information content (AvgIpc) is 2.91. The molecule has 2 amide bonds. The van der Waals surface area contributed by atoms with E-state index in [0.717, 1.165) is 0 Å². The molecule has 0 aliphatic rings. The minimum Gasteiger partial charge on any atom is -0.495 e. The third-order valence-corrected chi connectivity index (χ3v) is 4.99. The molecular weight excluding hydrogens is 484 g/mol. The Bertz CT molecular complexity index is 1390. The van der Waals surface area contributed by atoms with E-state index in [4.69, 9.17) is 14.2 Å². The number of anilines is 1. The van der Waals surface area contributed by atoms with Crippen LogP contribution in [-0.2, 0) is 9.59 Å². The van der Waals surface area contributed by atoms with Gasteiger partial charge in [0.2, 0.25) is 0 Å². The summed E-state index contributed by atoms with van der Waals surface area (Å²) in [5.74, 6) is -2.35. The van der Waals surface area contributed by atoms with Gasteiger partial charge in [-0.1, -0.05) is 24.3 Å². The van der Waals surface area contributed by atoms with Crippen LogP contribution in [0.5, 0.6) is 17.2 Å². The van der Waals surface area contributed by atoms with Gasteiger partial charge in [-0.3, -0.25) is 19.7 Å². The summed E-state index contributed by atoms with van der Waals surface area (Å²) >= 11 is 0. The van der Waals surface area contributed by atoms with Crippen molar-refractivity contribution in [2.75, 3.05) is 19.5 Å². The lowest BCUT2D eigenvalue weighted by atomic mass is 10.1. The van der Waals surface area contributed by atoms with Gasteiger partial charge < -0.3 is 19.5 Å². The number of methoxy groups -OCH3 is 2. The fourth-order valence-corrected chi connectivity index (χ4v) is 3.11. The van der Waals surface area contributed by atoms with Gasteiger partial charge in [-0.05, 0) is 43.3 Å². The summed E-state index contributed by atoms with van der Waals surface area (Å²) in [5, 5.41) is 17.6. The molecule has 190 valence electrons. The van der Waals surface area contributed by atoms with E-state index in [1.807, 2.05) is 0 Å². The van der Waals surface area contributed by atoms with Crippen LogP contribution in [0, 0.1) is 10.1 Å². The van der Waals surface area contributed by atoms with E-state index in [0.29, 0.717) is 22.7 Å². The minimum atomic E-state index is -1.01.